The topological polar surface area (TPSA) is 37.4 Å². The Hall–Kier alpha value is -0.490. The Kier molecular flexibility index (Phi) is 5.76. The Labute approximate surface area is 120 Å². The van der Waals surface area contributed by atoms with Gasteiger partial charge in [-0.25, -0.2) is 4.98 Å². The van der Waals surface area contributed by atoms with Gasteiger partial charge in [-0.05, 0) is 19.4 Å². The van der Waals surface area contributed by atoms with Crippen LogP contribution in [0.25, 0.3) is 0 Å². The van der Waals surface area contributed by atoms with Crippen molar-refractivity contribution in [2.45, 2.75) is 39.9 Å². The molecule has 1 aromatic rings. The number of hydrogen-bond donors (Lipinski definition) is 1. The quantitative estimate of drug-likeness (QED) is 0.867. The molecule has 1 aliphatic heterocycles. The van der Waals surface area contributed by atoms with Crippen LogP contribution >= 0.6 is 11.3 Å². The predicted octanol–water partition coefficient (Wildman–Crippen LogP) is 2.11. The van der Waals surface area contributed by atoms with Crippen molar-refractivity contribution in [3.8, 4) is 0 Å². The average molecular weight is 283 g/mol. The molecule has 1 N–H and O–H groups in total. The molecule has 1 atom stereocenters. The van der Waals surface area contributed by atoms with Crippen LogP contribution in [0.3, 0.4) is 0 Å². The highest BCUT2D eigenvalue weighted by molar-refractivity contribution is 7.09. The van der Waals surface area contributed by atoms with E-state index in [1.807, 2.05) is 0 Å². The van der Waals surface area contributed by atoms with E-state index in [-0.39, 0.29) is 0 Å². The lowest BCUT2D eigenvalue weighted by atomic mass is 10.2. The summed E-state index contributed by atoms with van der Waals surface area (Å²) in [5.41, 5.74) is 1.19. The van der Waals surface area contributed by atoms with E-state index < -0.39 is 0 Å². The smallest absolute Gasteiger partial charge is 0.107 e. The maximum Gasteiger partial charge on any atom is 0.107 e. The average Bonchev–Trinajstić information content (AvgIpc) is 2.79. The molecule has 1 aromatic heterocycles. The highest BCUT2D eigenvalue weighted by atomic mass is 32.1. The minimum atomic E-state index is 0.498. The summed E-state index contributed by atoms with van der Waals surface area (Å²) >= 11 is 1.76. The summed E-state index contributed by atoms with van der Waals surface area (Å²) in [5.74, 6) is 0.689. The van der Waals surface area contributed by atoms with Crippen molar-refractivity contribution >= 4 is 11.3 Å². The van der Waals surface area contributed by atoms with Crippen LogP contribution in [-0.2, 0) is 17.8 Å². The van der Waals surface area contributed by atoms with E-state index in [9.17, 15) is 0 Å². The summed E-state index contributed by atoms with van der Waals surface area (Å²) in [6.07, 6.45) is 0. The van der Waals surface area contributed by atoms with Gasteiger partial charge in [-0.2, -0.15) is 0 Å². The van der Waals surface area contributed by atoms with E-state index >= 15 is 0 Å². The molecule has 1 aliphatic rings. The minimum Gasteiger partial charge on any atom is -0.379 e. The number of nitrogens with zero attached hydrogens (tertiary/aromatic N) is 2. The molecular weight excluding hydrogens is 258 g/mol. The van der Waals surface area contributed by atoms with Crippen LogP contribution in [0.5, 0.6) is 0 Å². The van der Waals surface area contributed by atoms with Crippen LogP contribution in [0.2, 0.25) is 0 Å². The first-order chi connectivity index (χ1) is 9.15. The summed E-state index contributed by atoms with van der Waals surface area (Å²) in [6, 6.07) is 0.498. The standard InChI is InChI=1S/C14H25N3OS/c1-11(2)6-15-7-14-16-13(10-19-14)8-17-4-5-18-9-12(17)3/h10-12,15H,4-9H2,1-3H3. The number of thiazole rings is 1. The Morgan fingerprint density at radius 3 is 3.16 bits per heavy atom. The molecule has 108 valence electrons. The van der Waals surface area contributed by atoms with Crippen LogP contribution < -0.4 is 5.32 Å². The van der Waals surface area contributed by atoms with Gasteiger partial charge in [0.1, 0.15) is 5.01 Å². The van der Waals surface area contributed by atoms with Crippen molar-refractivity contribution in [2.75, 3.05) is 26.3 Å². The molecule has 1 fully saturated rings. The predicted molar refractivity (Wildman–Crippen MR) is 79.3 cm³/mol. The molecule has 1 unspecified atom stereocenters. The van der Waals surface area contributed by atoms with Crippen molar-refractivity contribution in [2.24, 2.45) is 5.92 Å². The fourth-order valence-corrected chi connectivity index (χ4v) is 2.93. The number of rotatable bonds is 6. The lowest BCUT2D eigenvalue weighted by molar-refractivity contribution is -0.00484. The second kappa shape index (κ2) is 7.33. The third-order valence-electron chi connectivity index (χ3n) is 3.30. The monoisotopic (exact) mass is 283 g/mol. The maximum atomic E-state index is 5.46. The highest BCUT2D eigenvalue weighted by Gasteiger charge is 2.19. The summed E-state index contributed by atoms with van der Waals surface area (Å²) in [4.78, 5) is 7.16. The first kappa shape index (κ1) is 14.9. The first-order valence-corrected chi connectivity index (χ1v) is 7.99. The molecule has 1 saturated heterocycles. The highest BCUT2D eigenvalue weighted by Crippen LogP contribution is 2.15. The number of nitrogens with one attached hydrogen (secondary N) is 1. The number of ether oxygens (including phenoxy) is 1. The van der Waals surface area contributed by atoms with E-state index in [0.29, 0.717) is 12.0 Å². The SMILES string of the molecule is CC(C)CNCc1nc(CN2CCOCC2C)cs1. The third kappa shape index (κ3) is 4.84. The Morgan fingerprint density at radius 1 is 1.58 bits per heavy atom. The molecule has 19 heavy (non-hydrogen) atoms. The Morgan fingerprint density at radius 2 is 2.42 bits per heavy atom. The van der Waals surface area contributed by atoms with Crippen molar-refractivity contribution in [3.63, 3.8) is 0 Å². The van der Waals surface area contributed by atoms with Crippen molar-refractivity contribution in [1.82, 2.24) is 15.2 Å². The Balaban J connectivity index is 1.79. The normalized spacial score (nSPS) is 21.2. The van der Waals surface area contributed by atoms with Gasteiger partial charge in [0.05, 0.1) is 18.9 Å². The van der Waals surface area contributed by atoms with E-state index in [1.165, 1.54) is 10.7 Å². The molecule has 0 aliphatic carbocycles. The van der Waals surface area contributed by atoms with Gasteiger partial charge in [-0.3, -0.25) is 4.90 Å². The van der Waals surface area contributed by atoms with Crippen LogP contribution in [0, 0.1) is 5.92 Å². The number of aromatic nitrogens is 1. The van der Waals surface area contributed by atoms with Gasteiger partial charge in [0, 0.05) is 31.1 Å². The minimum absolute atomic E-state index is 0.498. The summed E-state index contributed by atoms with van der Waals surface area (Å²) in [6.45, 7) is 12.3. The van der Waals surface area contributed by atoms with Gasteiger partial charge >= 0.3 is 0 Å². The molecule has 0 amide bonds. The summed E-state index contributed by atoms with van der Waals surface area (Å²) in [7, 11) is 0. The molecule has 0 spiro atoms. The lowest BCUT2D eigenvalue weighted by Gasteiger charge is -2.32. The van der Waals surface area contributed by atoms with E-state index in [1.54, 1.807) is 11.3 Å². The number of hydrogen-bond acceptors (Lipinski definition) is 5. The van der Waals surface area contributed by atoms with E-state index in [4.69, 9.17) is 9.72 Å². The van der Waals surface area contributed by atoms with E-state index in [2.05, 4.69) is 36.4 Å². The second-order valence-corrected chi connectivity index (χ2v) is 6.59. The molecule has 2 heterocycles. The zero-order valence-electron chi connectivity index (χ0n) is 12.2. The first-order valence-electron chi connectivity index (χ1n) is 7.11. The van der Waals surface area contributed by atoms with E-state index in [0.717, 1.165) is 39.4 Å². The summed E-state index contributed by atoms with van der Waals surface area (Å²) in [5, 5.41) is 6.82. The molecule has 4 nitrogen and oxygen atoms in total. The molecule has 0 saturated carbocycles. The molecular formula is C14H25N3OS. The van der Waals surface area contributed by atoms with Gasteiger partial charge in [-0.15, -0.1) is 11.3 Å². The van der Waals surface area contributed by atoms with Gasteiger partial charge in [0.25, 0.3) is 0 Å². The summed E-state index contributed by atoms with van der Waals surface area (Å²) < 4.78 is 5.46. The van der Waals surface area contributed by atoms with Crippen LogP contribution in [0.1, 0.15) is 31.5 Å². The van der Waals surface area contributed by atoms with Crippen molar-refractivity contribution in [3.05, 3.63) is 16.1 Å². The zero-order valence-corrected chi connectivity index (χ0v) is 13.0. The molecule has 5 heteroatoms. The van der Waals surface area contributed by atoms with Gasteiger partial charge in [-0.1, -0.05) is 13.8 Å². The fourth-order valence-electron chi connectivity index (χ4n) is 2.17. The second-order valence-electron chi connectivity index (χ2n) is 5.65. The largest absolute Gasteiger partial charge is 0.379 e. The van der Waals surface area contributed by atoms with Gasteiger partial charge < -0.3 is 10.1 Å². The van der Waals surface area contributed by atoms with Crippen LogP contribution in [-0.4, -0.2) is 42.2 Å². The number of morpholine rings is 1. The van der Waals surface area contributed by atoms with Crippen LogP contribution in [0.15, 0.2) is 5.38 Å². The molecule has 0 radical (unpaired) electrons. The van der Waals surface area contributed by atoms with Gasteiger partial charge in [0.2, 0.25) is 0 Å². The molecule has 0 bridgehead atoms. The molecule has 0 aromatic carbocycles. The third-order valence-corrected chi connectivity index (χ3v) is 4.20. The van der Waals surface area contributed by atoms with Crippen molar-refractivity contribution in [1.29, 1.82) is 0 Å². The van der Waals surface area contributed by atoms with Crippen LogP contribution in [0.4, 0.5) is 0 Å². The van der Waals surface area contributed by atoms with Gasteiger partial charge in [0.15, 0.2) is 0 Å². The molecule has 2 rings (SSSR count). The fraction of sp³-hybridized carbons (Fsp3) is 0.786. The Bertz CT molecular complexity index is 381. The zero-order chi connectivity index (χ0) is 13.7. The van der Waals surface area contributed by atoms with Crippen molar-refractivity contribution < 1.29 is 4.74 Å². The lowest BCUT2D eigenvalue weighted by Crippen LogP contribution is -2.42. The maximum absolute atomic E-state index is 5.46.